The number of amides is 3. The van der Waals surface area contributed by atoms with Gasteiger partial charge in [-0.25, -0.2) is 4.79 Å². The van der Waals surface area contributed by atoms with Crippen molar-refractivity contribution in [2.24, 2.45) is 0 Å². The van der Waals surface area contributed by atoms with Crippen LogP contribution < -0.4 is 20.7 Å². The SMILES string of the molecule is COc1ccc(NC(=O)c2nnc(CNC(=O)NCc3ccco3)s2)cc1. The predicted octanol–water partition coefficient (Wildman–Crippen LogP) is 2.39. The molecule has 3 rings (SSSR count). The lowest BCUT2D eigenvalue weighted by atomic mass is 10.3. The van der Waals surface area contributed by atoms with Gasteiger partial charge >= 0.3 is 6.03 Å². The van der Waals surface area contributed by atoms with Gasteiger partial charge in [-0.3, -0.25) is 4.79 Å². The summed E-state index contributed by atoms with van der Waals surface area (Å²) >= 11 is 1.11. The van der Waals surface area contributed by atoms with Crippen LogP contribution >= 0.6 is 11.3 Å². The van der Waals surface area contributed by atoms with Crippen LogP contribution in [0.3, 0.4) is 0 Å². The molecule has 2 aromatic heterocycles. The molecule has 0 saturated heterocycles. The zero-order chi connectivity index (χ0) is 19.1. The Kier molecular flexibility index (Phi) is 6.00. The monoisotopic (exact) mass is 387 g/mol. The normalized spacial score (nSPS) is 10.3. The van der Waals surface area contributed by atoms with Crippen LogP contribution in [0.1, 0.15) is 20.6 Å². The van der Waals surface area contributed by atoms with Crippen LogP contribution in [0.25, 0.3) is 0 Å². The molecule has 0 atom stereocenters. The maximum atomic E-state index is 12.2. The minimum atomic E-state index is -0.370. The van der Waals surface area contributed by atoms with E-state index in [-0.39, 0.29) is 30.0 Å². The number of methoxy groups -OCH3 is 1. The van der Waals surface area contributed by atoms with Gasteiger partial charge in [0.2, 0.25) is 5.01 Å². The minimum Gasteiger partial charge on any atom is -0.497 e. The van der Waals surface area contributed by atoms with Crippen molar-refractivity contribution in [1.82, 2.24) is 20.8 Å². The van der Waals surface area contributed by atoms with E-state index >= 15 is 0 Å². The van der Waals surface area contributed by atoms with Crippen LogP contribution in [0.5, 0.6) is 5.75 Å². The molecule has 0 aliphatic rings. The van der Waals surface area contributed by atoms with E-state index in [0.717, 1.165) is 11.3 Å². The average molecular weight is 387 g/mol. The Hall–Kier alpha value is -3.40. The highest BCUT2D eigenvalue weighted by molar-refractivity contribution is 7.13. The number of ether oxygens (including phenoxy) is 1. The van der Waals surface area contributed by atoms with Gasteiger partial charge in [-0.15, -0.1) is 10.2 Å². The zero-order valence-corrected chi connectivity index (χ0v) is 15.2. The van der Waals surface area contributed by atoms with E-state index < -0.39 is 0 Å². The summed E-state index contributed by atoms with van der Waals surface area (Å²) in [7, 11) is 1.57. The molecule has 3 N–H and O–H groups in total. The molecule has 140 valence electrons. The number of carbonyl (C=O) groups excluding carboxylic acids is 2. The van der Waals surface area contributed by atoms with E-state index in [1.807, 2.05) is 0 Å². The number of nitrogens with zero attached hydrogens (tertiary/aromatic N) is 2. The summed E-state index contributed by atoms with van der Waals surface area (Å²) in [6, 6.07) is 10.1. The Labute approximate surface area is 158 Å². The molecule has 9 nitrogen and oxygen atoms in total. The summed E-state index contributed by atoms with van der Waals surface area (Å²) < 4.78 is 10.2. The standard InChI is InChI=1S/C17H17N5O4S/c1-25-12-6-4-11(5-7-12)20-15(23)16-22-21-14(27-16)10-19-17(24)18-9-13-3-2-8-26-13/h2-8H,9-10H2,1H3,(H,20,23)(H2,18,19,24). The summed E-state index contributed by atoms with van der Waals surface area (Å²) in [5.41, 5.74) is 0.618. The highest BCUT2D eigenvalue weighted by Crippen LogP contribution is 2.17. The van der Waals surface area contributed by atoms with Gasteiger partial charge in [0.15, 0.2) is 0 Å². The summed E-state index contributed by atoms with van der Waals surface area (Å²) in [6.07, 6.45) is 1.54. The van der Waals surface area contributed by atoms with Gasteiger partial charge in [0.1, 0.15) is 16.5 Å². The Morgan fingerprint density at radius 1 is 1.11 bits per heavy atom. The molecule has 0 bridgehead atoms. The molecule has 0 unspecified atom stereocenters. The number of benzene rings is 1. The Bertz CT molecular complexity index is 892. The molecule has 3 amide bonds. The lowest BCUT2D eigenvalue weighted by Gasteiger charge is -2.04. The molecular weight excluding hydrogens is 370 g/mol. The lowest BCUT2D eigenvalue weighted by molar-refractivity contribution is 0.102. The van der Waals surface area contributed by atoms with Gasteiger partial charge in [0.05, 0.1) is 26.5 Å². The van der Waals surface area contributed by atoms with E-state index in [4.69, 9.17) is 9.15 Å². The van der Waals surface area contributed by atoms with Crippen LogP contribution in [0, 0.1) is 0 Å². The fourth-order valence-electron chi connectivity index (χ4n) is 2.07. The van der Waals surface area contributed by atoms with E-state index in [1.54, 1.807) is 43.5 Å². The maximum absolute atomic E-state index is 12.2. The van der Waals surface area contributed by atoms with Crippen molar-refractivity contribution in [2.45, 2.75) is 13.1 Å². The topological polar surface area (TPSA) is 118 Å². The van der Waals surface area contributed by atoms with Crippen LogP contribution in [0.15, 0.2) is 47.1 Å². The van der Waals surface area contributed by atoms with E-state index in [1.165, 1.54) is 6.26 Å². The van der Waals surface area contributed by atoms with Crippen LogP contribution in [0.2, 0.25) is 0 Å². The Balaban J connectivity index is 1.46. The molecule has 0 fully saturated rings. The lowest BCUT2D eigenvalue weighted by Crippen LogP contribution is -2.34. The molecule has 10 heteroatoms. The molecule has 0 saturated carbocycles. The molecule has 1 aromatic carbocycles. The Morgan fingerprint density at radius 2 is 1.89 bits per heavy atom. The Morgan fingerprint density at radius 3 is 2.59 bits per heavy atom. The average Bonchev–Trinajstić information content (AvgIpc) is 3.37. The third-order valence-electron chi connectivity index (χ3n) is 3.41. The quantitative estimate of drug-likeness (QED) is 0.573. The molecule has 0 aliphatic heterocycles. The van der Waals surface area contributed by atoms with Crippen molar-refractivity contribution in [1.29, 1.82) is 0 Å². The zero-order valence-electron chi connectivity index (χ0n) is 14.4. The molecule has 27 heavy (non-hydrogen) atoms. The number of hydrogen-bond acceptors (Lipinski definition) is 7. The van der Waals surface area contributed by atoms with Gasteiger partial charge in [-0.2, -0.15) is 0 Å². The number of urea groups is 1. The van der Waals surface area contributed by atoms with Gasteiger partial charge in [0.25, 0.3) is 5.91 Å². The number of hydrogen-bond donors (Lipinski definition) is 3. The first-order chi connectivity index (χ1) is 13.1. The molecule has 3 aromatic rings. The van der Waals surface area contributed by atoms with Gasteiger partial charge in [0, 0.05) is 5.69 Å². The number of carbonyl (C=O) groups is 2. The van der Waals surface area contributed by atoms with Gasteiger partial charge in [-0.1, -0.05) is 11.3 Å². The predicted molar refractivity (Wildman–Crippen MR) is 98.6 cm³/mol. The van der Waals surface area contributed by atoms with Crippen LogP contribution in [-0.2, 0) is 13.1 Å². The molecule has 0 aliphatic carbocycles. The van der Waals surface area contributed by atoms with Gasteiger partial charge < -0.3 is 25.1 Å². The fraction of sp³-hybridized carbons (Fsp3) is 0.176. The highest BCUT2D eigenvalue weighted by Gasteiger charge is 2.14. The number of aromatic nitrogens is 2. The van der Waals surface area contributed by atoms with Crippen molar-refractivity contribution < 1.29 is 18.7 Å². The van der Waals surface area contributed by atoms with E-state index in [9.17, 15) is 9.59 Å². The number of nitrogens with one attached hydrogen (secondary N) is 3. The molecule has 0 radical (unpaired) electrons. The molecular formula is C17H17N5O4S. The number of rotatable bonds is 7. The second-order valence-corrected chi connectivity index (χ2v) is 6.36. The van der Waals surface area contributed by atoms with Crippen LogP contribution in [-0.4, -0.2) is 29.2 Å². The summed E-state index contributed by atoms with van der Waals surface area (Å²) in [4.78, 5) is 24.0. The highest BCUT2D eigenvalue weighted by atomic mass is 32.1. The van der Waals surface area contributed by atoms with Crippen molar-refractivity contribution in [3.8, 4) is 5.75 Å². The third-order valence-corrected chi connectivity index (χ3v) is 4.33. The largest absolute Gasteiger partial charge is 0.497 e. The van der Waals surface area contributed by atoms with Crippen LogP contribution in [0.4, 0.5) is 10.5 Å². The van der Waals surface area contributed by atoms with Crippen molar-refractivity contribution in [3.63, 3.8) is 0 Å². The minimum absolute atomic E-state index is 0.164. The summed E-state index contributed by atoms with van der Waals surface area (Å²) in [5.74, 6) is 0.979. The maximum Gasteiger partial charge on any atom is 0.315 e. The first-order valence-corrected chi connectivity index (χ1v) is 8.77. The number of anilines is 1. The first kappa shape index (κ1) is 18.4. The summed E-state index contributed by atoms with van der Waals surface area (Å²) in [5, 5.41) is 16.5. The van der Waals surface area contributed by atoms with Crippen molar-refractivity contribution in [3.05, 3.63) is 58.4 Å². The van der Waals surface area contributed by atoms with E-state index in [2.05, 4.69) is 26.1 Å². The second kappa shape index (κ2) is 8.81. The summed E-state index contributed by atoms with van der Waals surface area (Å²) in [6.45, 7) is 0.446. The fourth-order valence-corrected chi connectivity index (χ4v) is 2.75. The molecule has 2 heterocycles. The number of furan rings is 1. The second-order valence-electron chi connectivity index (χ2n) is 5.30. The van der Waals surface area contributed by atoms with Gasteiger partial charge in [-0.05, 0) is 36.4 Å². The smallest absolute Gasteiger partial charge is 0.315 e. The third kappa shape index (κ3) is 5.28. The first-order valence-electron chi connectivity index (χ1n) is 7.96. The van der Waals surface area contributed by atoms with Crippen molar-refractivity contribution in [2.75, 3.05) is 12.4 Å². The van der Waals surface area contributed by atoms with E-state index in [0.29, 0.717) is 22.2 Å². The molecule has 0 spiro atoms. The van der Waals surface area contributed by atoms with Crippen molar-refractivity contribution >= 4 is 29.0 Å².